The summed E-state index contributed by atoms with van der Waals surface area (Å²) in [4.78, 5) is 40.9. The minimum atomic E-state index is -1.11. The lowest BCUT2D eigenvalue weighted by Gasteiger charge is -2.46. The molecule has 0 aromatic rings. The number of hydrogen-bond donors (Lipinski definition) is 2. The number of aliphatic carboxylic acids is 1. The normalized spacial score (nSPS) is 37.4. The van der Waals surface area contributed by atoms with Crippen molar-refractivity contribution in [3.8, 4) is 0 Å². The molecule has 9 heteroatoms. The van der Waals surface area contributed by atoms with Gasteiger partial charge in [0.2, 0.25) is 5.91 Å². The van der Waals surface area contributed by atoms with Gasteiger partial charge in [-0.1, -0.05) is 6.92 Å². The molecule has 29 heavy (non-hydrogen) atoms. The molecule has 2 fully saturated rings. The number of thioether (sulfide) groups is 1. The topological polar surface area (TPSA) is 98.1 Å². The quantitative estimate of drug-likeness (QED) is 0.476. The number of hydrogen-bond acceptors (Lipinski definition) is 5. The number of β-lactam (4-membered cyclic amide) rings is 1. The largest absolute Gasteiger partial charge is 0.477 e. The molecule has 0 saturated carbocycles. The molecule has 7 atom stereocenters. The predicted molar refractivity (Wildman–Crippen MR) is 110 cm³/mol. The van der Waals surface area contributed by atoms with Crippen LogP contribution in [0.1, 0.15) is 27.2 Å². The monoisotopic (exact) mass is 426 g/mol. The Kier molecular flexibility index (Phi) is 5.79. The third-order valence-electron chi connectivity index (χ3n) is 6.91. The second-order valence-corrected chi connectivity index (χ2v) is 10.3. The van der Waals surface area contributed by atoms with Crippen LogP contribution in [0, 0.1) is 11.8 Å². The maximum atomic E-state index is 12.7. The van der Waals surface area contributed by atoms with E-state index in [-0.39, 0.29) is 40.8 Å². The molecular formula is C20H32N3O5S+. The van der Waals surface area contributed by atoms with E-state index in [1.165, 1.54) is 16.7 Å². The summed E-state index contributed by atoms with van der Waals surface area (Å²) in [6.07, 6.45) is -0.132. The average molecular weight is 427 g/mol. The fourth-order valence-electron chi connectivity index (χ4n) is 5.13. The molecule has 0 radical (unpaired) electrons. The first-order chi connectivity index (χ1) is 13.4. The number of carboxylic acids is 1. The number of aliphatic hydroxyl groups is 1. The minimum absolute atomic E-state index is 0.0579. The molecule has 3 rings (SSSR count). The number of carbonyl (C=O) groups is 3. The summed E-state index contributed by atoms with van der Waals surface area (Å²) in [5, 5.41) is 19.9. The summed E-state index contributed by atoms with van der Waals surface area (Å²) in [6, 6.07) is -0.453. The van der Waals surface area contributed by atoms with E-state index in [4.69, 9.17) is 0 Å². The maximum absolute atomic E-state index is 12.7. The highest BCUT2D eigenvalue weighted by molar-refractivity contribution is 8.03. The molecule has 2 amide bonds. The lowest BCUT2D eigenvalue weighted by molar-refractivity contribution is -0.910. The van der Waals surface area contributed by atoms with Crippen LogP contribution in [0.5, 0.6) is 0 Å². The van der Waals surface area contributed by atoms with E-state index in [9.17, 15) is 24.6 Å². The third kappa shape index (κ3) is 3.37. The molecule has 162 valence electrons. The molecule has 0 aliphatic carbocycles. The van der Waals surface area contributed by atoms with Gasteiger partial charge in [-0.05, 0) is 13.8 Å². The molecular weight excluding hydrogens is 394 g/mol. The standard InChI is InChI=1S/C20H31N3O5S/c1-7-23(6)9-12(8-13(23)18(25)21(4)5)29-17-10(2)15-14(11(3)24)19(26)22(15)16(17)20(27)28/h10-15,24H,7-9H2,1-6H3/p+1/t10-,11-,12+,13+,14-,15-,23?/m1/s1. The average Bonchev–Trinajstić information content (AvgIpc) is 3.08. The number of likely N-dealkylation sites (N-methyl/N-ethyl adjacent to an activating group) is 2. The maximum Gasteiger partial charge on any atom is 0.353 e. The number of amides is 2. The van der Waals surface area contributed by atoms with Gasteiger partial charge in [-0.25, -0.2) is 4.79 Å². The first kappa shape index (κ1) is 22.1. The van der Waals surface area contributed by atoms with Gasteiger partial charge < -0.3 is 24.5 Å². The molecule has 3 aliphatic heterocycles. The smallest absolute Gasteiger partial charge is 0.353 e. The zero-order valence-electron chi connectivity index (χ0n) is 18.0. The summed E-state index contributed by atoms with van der Waals surface area (Å²) in [6.45, 7) is 7.17. The van der Waals surface area contributed by atoms with E-state index < -0.39 is 18.0 Å². The van der Waals surface area contributed by atoms with Crippen LogP contribution in [0.3, 0.4) is 0 Å². The van der Waals surface area contributed by atoms with Crippen LogP contribution in [0.25, 0.3) is 0 Å². The lowest BCUT2D eigenvalue weighted by Crippen LogP contribution is -2.63. The van der Waals surface area contributed by atoms with E-state index >= 15 is 0 Å². The van der Waals surface area contributed by atoms with Crippen molar-refractivity contribution in [3.05, 3.63) is 10.6 Å². The Morgan fingerprint density at radius 1 is 1.38 bits per heavy atom. The number of fused-ring (bicyclic) bond motifs is 1. The Labute approximate surface area is 176 Å². The molecule has 3 heterocycles. The number of carbonyl (C=O) groups excluding carboxylic acids is 2. The molecule has 2 saturated heterocycles. The van der Waals surface area contributed by atoms with Gasteiger partial charge in [0.25, 0.3) is 5.91 Å². The van der Waals surface area contributed by atoms with Crippen molar-refractivity contribution in [2.75, 3.05) is 34.2 Å². The van der Waals surface area contributed by atoms with Crippen molar-refractivity contribution in [1.29, 1.82) is 0 Å². The van der Waals surface area contributed by atoms with Crippen LogP contribution in [0.4, 0.5) is 0 Å². The number of nitrogens with zero attached hydrogens (tertiary/aromatic N) is 3. The Morgan fingerprint density at radius 3 is 2.48 bits per heavy atom. The van der Waals surface area contributed by atoms with Gasteiger partial charge in [0.1, 0.15) is 5.70 Å². The van der Waals surface area contributed by atoms with E-state index in [1.807, 2.05) is 6.92 Å². The zero-order valence-corrected chi connectivity index (χ0v) is 18.8. The molecule has 2 N–H and O–H groups in total. The summed E-state index contributed by atoms with van der Waals surface area (Å²) in [5.74, 6) is -2.03. The lowest BCUT2D eigenvalue weighted by atomic mass is 9.79. The molecule has 0 spiro atoms. The Morgan fingerprint density at radius 2 is 2.00 bits per heavy atom. The van der Waals surface area contributed by atoms with Crippen molar-refractivity contribution in [3.63, 3.8) is 0 Å². The number of quaternary nitrogens is 1. The number of rotatable bonds is 6. The van der Waals surface area contributed by atoms with E-state index in [0.717, 1.165) is 13.1 Å². The fourth-order valence-corrected chi connectivity index (χ4v) is 6.83. The van der Waals surface area contributed by atoms with E-state index in [1.54, 1.807) is 25.9 Å². The Hall–Kier alpha value is -1.58. The van der Waals surface area contributed by atoms with Crippen LogP contribution in [0.15, 0.2) is 10.6 Å². The zero-order chi connectivity index (χ0) is 21.8. The van der Waals surface area contributed by atoms with Crippen LogP contribution in [0.2, 0.25) is 0 Å². The van der Waals surface area contributed by atoms with Crippen molar-refractivity contribution in [2.24, 2.45) is 11.8 Å². The molecule has 8 nitrogen and oxygen atoms in total. The van der Waals surface area contributed by atoms with Crippen LogP contribution >= 0.6 is 11.8 Å². The van der Waals surface area contributed by atoms with Crippen LogP contribution in [-0.4, -0.2) is 99.9 Å². The van der Waals surface area contributed by atoms with Crippen molar-refractivity contribution in [1.82, 2.24) is 9.80 Å². The summed E-state index contributed by atoms with van der Waals surface area (Å²) >= 11 is 1.51. The van der Waals surface area contributed by atoms with Gasteiger partial charge >= 0.3 is 5.97 Å². The van der Waals surface area contributed by atoms with Crippen LogP contribution < -0.4 is 0 Å². The molecule has 0 bridgehead atoms. The summed E-state index contributed by atoms with van der Waals surface area (Å²) in [7, 11) is 5.61. The summed E-state index contributed by atoms with van der Waals surface area (Å²) in [5.41, 5.74) is 0.0579. The molecule has 1 unspecified atom stereocenters. The molecule has 0 aromatic carbocycles. The van der Waals surface area contributed by atoms with Gasteiger partial charge in [0.15, 0.2) is 6.04 Å². The number of likely N-dealkylation sites (tertiary alicyclic amines) is 1. The second kappa shape index (κ2) is 7.59. The summed E-state index contributed by atoms with van der Waals surface area (Å²) < 4.78 is 0.626. The highest BCUT2D eigenvalue weighted by Gasteiger charge is 2.60. The van der Waals surface area contributed by atoms with E-state index in [0.29, 0.717) is 15.8 Å². The second-order valence-electron chi connectivity index (χ2n) is 8.97. The first-order valence-electron chi connectivity index (χ1n) is 10.1. The Balaban J connectivity index is 1.87. The Bertz CT molecular complexity index is 767. The number of carboxylic acid groups (broad SMARTS) is 1. The van der Waals surface area contributed by atoms with Gasteiger partial charge in [0, 0.05) is 31.3 Å². The van der Waals surface area contributed by atoms with Gasteiger partial charge in [-0.2, -0.15) is 0 Å². The minimum Gasteiger partial charge on any atom is -0.477 e. The molecule has 3 aliphatic rings. The van der Waals surface area contributed by atoms with Gasteiger partial charge in [-0.3, -0.25) is 9.59 Å². The predicted octanol–water partition coefficient (Wildman–Crippen LogP) is 0.569. The highest BCUT2D eigenvalue weighted by Crippen LogP contribution is 2.52. The van der Waals surface area contributed by atoms with Crippen molar-refractivity contribution >= 4 is 29.5 Å². The van der Waals surface area contributed by atoms with Gasteiger partial charge in [-0.15, -0.1) is 11.8 Å². The third-order valence-corrected chi connectivity index (χ3v) is 8.41. The fraction of sp³-hybridized carbons (Fsp3) is 0.750. The first-order valence-corrected chi connectivity index (χ1v) is 11.0. The SMILES string of the molecule is CC[N+]1(C)C[C@@H](SC2=C(C(=O)O)N3C(=O)[C@H]([C@@H](C)O)[C@H]3[C@H]2C)C[C@H]1C(=O)N(C)C. The van der Waals surface area contributed by atoms with Crippen molar-refractivity contribution in [2.45, 2.75) is 50.6 Å². The van der Waals surface area contributed by atoms with Crippen molar-refractivity contribution < 1.29 is 29.1 Å². The van der Waals surface area contributed by atoms with E-state index in [2.05, 4.69) is 14.0 Å². The number of aliphatic hydroxyl groups excluding tert-OH is 1. The van der Waals surface area contributed by atoms with Crippen LogP contribution in [-0.2, 0) is 14.4 Å². The highest BCUT2D eigenvalue weighted by atomic mass is 32.2. The molecule has 0 aromatic heterocycles. The van der Waals surface area contributed by atoms with Gasteiger partial charge in [0.05, 0.1) is 43.5 Å².